The molecule has 2 unspecified atom stereocenters. The lowest BCUT2D eigenvalue weighted by Crippen LogP contribution is -2.59. The van der Waals surface area contributed by atoms with Crippen molar-refractivity contribution < 1.29 is 14.3 Å². The standard InChI is InChI=1S/C15H15BrClNO3/c1-9(2)12(18-13(17)11(16)14(18)19)15(20)21-8-10-6-4-3-5-7-10/h3-7,11,13H,8H2,1-2H3. The minimum atomic E-state index is -0.577. The fraction of sp³-hybridized carbons (Fsp3) is 0.333. The summed E-state index contributed by atoms with van der Waals surface area (Å²) < 4.78 is 5.28. The first kappa shape index (κ1) is 16.0. The largest absolute Gasteiger partial charge is 0.456 e. The average Bonchev–Trinajstić information content (AvgIpc) is 2.49. The molecule has 1 aromatic rings. The second-order valence-electron chi connectivity index (χ2n) is 4.89. The van der Waals surface area contributed by atoms with Gasteiger partial charge in [0.15, 0.2) is 0 Å². The van der Waals surface area contributed by atoms with Crippen molar-refractivity contribution in [2.45, 2.75) is 30.8 Å². The molecule has 6 heteroatoms. The molecule has 0 spiro atoms. The predicted octanol–water partition coefficient (Wildman–Crippen LogP) is 3.19. The summed E-state index contributed by atoms with van der Waals surface area (Å²) in [5.41, 5.74) is 1.21. The molecule has 0 aliphatic carbocycles. The molecule has 1 aliphatic rings. The molecule has 0 aromatic heterocycles. The normalized spacial score (nSPS) is 20.8. The summed E-state index contributed by atoms with van der Waals surface area (Å²) in [4.78, 5) is 24.9. The highest BCUT2D eigenvalue weighted by Crippen LogP contribution is 2.34. The Hall–Kier alpha value is -1.33. The summed E-state index contributed by atoms with van der Waals surface area (Å²) in [5, 5.41) is 0. The Kier molecular flexibility index (Phi) is 5.06. The van der Waals surface area contributed by atoms with Gasteiger partial charge < -0.3 is 4.74 Å². The molecule has 112 valence electrons. The van der Waals surface area contributed by atoms with Gasteiger partial charge in [0.05, 0.1) is 0 Å². The third-order valence-corrected chi connectivity index (χ3v) is 4.73. The molecular weight excluding hydrogens is 358 g/mol. The number of allylic oxidation sites excluding steroid dienone is 1. The molecule has 0 bridgehead atoms. The molecule has 1 aromatic carbocycles. The van der Waals surface area contributed by atoms with Crippen molar-refractivity contribution in [3.05, 3.63) is 47.2 Å². The van der Waals surface area contributed by atoms with Crippen LogP contribution in [0.25, 0.3) is 0 Å². The van der Waals surface area contributed by atoms with Crippen LogP contribution >= 0.6 is 27.5 Å². The number of amides is 1. The topological polar surface area (TPSA) is 46.6 Å². The van der Waals surface area contributed by atoms with Crippen LogP contribution in [0.1, 0.15) is 19.4 Å². The van der Waals surface area contributed by atoms with Gasteiger partial charge in [0.25, 0.3) is 0 Å². The van der Waals surface area contributed by atoms with Crippen molar-refractivity contribution >= 4 is 39.4 Å². The number of β-lactam (4-membered cyclic amide) rings is 1. The molecule has 1 heterocycles. The smallest absolute Gasteiger partial charge is 0.355 e. The number of benzene rings is 1. The zero-order chi connectivity index (χ0) is 15.6. The van der Waals surface area contributed by atoms with Gasteiger partial charge in [-0.05, 0) is 25.0 Å². The lowest BCUT2D eigenvalue weighted by Gasteiger charge is -2.41. The zero-order valence-electron chi connectivity index (χ0n) is 11.7. The maximum atomic E-state index is 12.2. The highest BCUT2D eigenvalue weighted by atomic mass is 79.9. The number of likely N-dealkylation sites (tertiary alicyclic amines) is 1. The van der Waals surface area contributed by atoms with E-state index in [-0.39, 0.29) is 18.2 Å². The molecule has 1 aliphatic heterocycles. The Balaban J connectivity index is 2.08. The SMILES string of the molecule is CC(C)=C(C(=O)OCc1ccccc1)N1C(=O)C(Br)C1Cl. The molecule has 1 saturated heterocycles. The average molecular weight is 373 g/mol. The second-order valence-corrected chi connectivity index (χ2v) is 6.33. The minimum absolute atomic E-state index is 0.156. The van der Waals surface area contributed by atoms with E-state index < -0.39 is 16.3 Å². The third-order valence-electron chi connectivity index (χ3n) is 3.08. The van der Waals surface area contributed by atoms with Crippen LogP contribution in [0, 0.1) is 0 Å². The molecule has 0 N–H and O–H groups in total. The van der Waals surface area contributed by atoms with Crippen molar-refractivity contribution in [2.24, 2.45) is 0 Å². The number of nitrogens with zero attached hydrogens (tertiary/aromatic N) is 1. The number of halogens is 2. The van der Waals surface area contributed by atoms with Crippen molar-refractivity contribution in [3.63, 3.8) is 0 Å². The molecule has 4 nitrogen and oxygen atoms in total. The van der Waals surface area contributed by atoms with Crippen molar-refractivity contribution in [1.82, 2.24) is 4.90 Å². The fourth-order valence-corrected chi connectivity index (χ4v) is 2.75. The van der Waals surface area contributed by atoms with Crippen LogP contribution in [0.2, 0.25) is 0 Å². The van der Waals surface area contributed by atoms with Crippen LogP contribution in [-0.4, -0.2) is 27.1 Å². The summed E-state index contributed by atoms with van der Waals surface area (Å²) in [6.45, 7) is 3.65. The number of hydrogen-bond donors (Lipinski definition) is 0. The van der Waals surface area contributed by atoms with Crippen LogP contribution in [0.5, 0.6) is 0 Å². The maximum absolute atomic E-state index is 12.2. The van der Waals surface area contributed by atoms with E-state index in [1.165, 1.54) is 4.90 Å². The monoisotopic (exact) mass is 371 g/mol. The van der Waals surface area contributed by atoms with Crippen LogP contribution in [0.3, 0.4) is 0 Å². The number of esters is 1. The van der Waals surface area contributed by atoms with Crippen LogP contribution in [0.15, 0.2) is 41.6 Å². The van der Waals surface area contributed by atoms with E-state index in [2.05, 4.69) is 15.9 Å². The molecule has 1 fully saturated rings. The summed E-state index contributed by atoms with van der Waals surface area (Å²) in [5.74, 6) is -0.778. The Morgan fingerprint density at radius 1 is 1.33 bits per heavy atom. The first-order chi connectivity index (χ1) is 9.93. The maximum Gasteiger partial charge on any atom is 0.355 e. The third kappa shape index (κ3) is 3.30. The van der Waals surface area contributed by atoms with Gasteiger partial charge in [0, 0.05) is 0 Å². The molecule has 21 heavy (non-hydrogen) atoms. The van der Waals surface area contributed by atoms with E-state index in [9.17, 15) is 9.59 Å². The van der Waals surface area contributed by atoms with E-state index >= 15 is 0 Å². The van der Waals surface area contributed by atoms with Gasteiger partial charge in [-0.2, -0.15) is 0 Å². The van der Waals surface area contributed by atoms with E-state index in [0.29, 0.717) is 5.57 Å². The van der Waals surface area contributed by atoms with Gasteiger partial charge in [-0.1, -0.05) is 57.9 Å². The highest BCUT2D eigenvalue weighted by Gasteiger charge is 2.48. The molecule has 0 radical (unpaired) electrons. The van der Waals surface area contributed by atoms with Gasteiger partial charge in [0.1, 0.15) is 22.6 Å². The number of ether oxygens (including phenoxy) is 1. The molecule has 0 saturated carbocycles. The second kappa shape index (κ2) is 6.62. The number of alkyl halides is 2. The number of carbonyl (C=O) groups excluding carboxylic acids is 2. The summed E-state index contributed by atoms with van der Waals surface area (Å²) in [6.07, 6.45) is 0. The minimum Gasteiger partial charge on any atom is -0.456 e. The highest BCUT2D eigenvalue weighted by molar-refractivity contribution is 9.10. The lowest BCUT2D eigenvalue weighted by molar-refractivity contribution is -0.149. The van der Waals surface area contributed by atoms with Crippen molar-refractivity contribution in [1.29, 1.82) is 0 Å². The molecule has 2 atom stereocenters. The first-order valence-corrected chi connectivity index (χ1v) is 7.78. The van der Waals surface area contributed by atoms with Crippen molar-refractivity contribution in [2.75, 3.05) is 0 Å². The molecular formula is C15H15BrClNO3. The van der Waals surface area contributed by atoms with E-state index in [0.717, 1.165) is 5.56 Å². The van der Waals surface area contributed by atoms with E-state index in [4.69, 9.17) is 16.3 Å². The fourth-order valence-electron chi connectivity index (χ4n) is 1.99. The Labute approximate surface area is 136 Å². The van der Waals surface area contributed by atoms with Crippen LogP contribution in [0.4, 0.5) is 0 Å². The summed E-state index contributed by atoms with van der Waals surface area (Å²) in [6, 6.07) is 9.36. The first-order valence-electron chi connectivity index (χ1n) is 6.43. The van der Waals surface area contributed by atoms with Crippen molar-refractivity contribution in [3.8, 4) is 0 Å². The van der Waals surface area contributed by atoms with E-state index in [1.54, 1.807) is 13.8 Å². The van der Waals surface area contributed by atoms with Gasteiger partial charge in [0.2, 0.25) is 5.91 Å². The zero-order valence-corrected chi connectivity index (χ0v) is 14.0. The Morgan fingerprint density at radius 3 is 2.48 bits per heavy atom. The quantitative estimate of drug-likeness (QED) is 0.268. The van der Waals surface area contributed by atoms with Gasteiger partial charge in [-0.25, -0.2) is 4.79 Å². The summed E-state index contributed by atoms with van der Waals surface area (Å²) in [7, 11) is 0. The molecule has 1 amide bonds. The molecule has 2 rings (SSSR count). The predicted molar refractivity (Wildman–Crippen MR) is 83.8 cm³/mol. The lowest BCUT2D eigenvalue weighted by atomic mass is 10.1. The Morgan fingerprint density at radius 2 is 1.95 bits per heavy atom. The van der Waals surface area contributed by atoms with Crippen LogP contribution < -0.4 is 0 Å². The number of hydrogen-bond acceptors (Lipinski definition) is 3. The van der Waals surface area contributed by atoms with Gasteiger partial charge in [-0.3, -0.25) is 9.69 Å². The number of rotatable bonds is 4. The van der Waals surface area contributed by atoms with E-state index in [1.807, 2.05) is 30.3 Å². The Bertz CT molecular complexity index is 584. The van der Waals surface area contributed by atoms with Crippen LogP contribution in [-0.2, 0) is 20.9 Å². The van der Waals surface area contributed by atoms with Gasteiger partial charge in [-0.15, -0.1) is 0 Å². The number of carbonyl (C=O) groups is 2. The van der Waals surface area contributed by atoms with Gasteiger partial charge >= 0.3 is 5.97 Å². The summed E-state index contributed by atoms with van der Waals surface area (Å²) >= 11 is 9.25.